The molecule has 0 N–H and O–H groups in total. The first-order chi connectivity index (χ1) is 9.69. The molecule has 1 aliphatic rings. The number of alkyl halides is 1. The molecule has 4 nitrogen and oxygen atoms in total. The fraction of sp³-hybridized carbons (Fsp3) is 0.467. The minimum atomic E-state index is -0.445. The molecule has 1 amide bonds. The second-order valence-electron chi connectivity index (χ2n) is 4.77. The summed E-state index contributed by atoms with van der Waals surface area (Å²) >= 11 is 5.62. The molecule has 2 rings (SSSR count). The number of hydrogen-bond donors (Lipinski definition) is 0. The van der Waals surface area contributed by atoms with Crippen molar-refractivity contribution in [3.05, 3.63) is 23.8 Å². The Balaban J connectivity index is 2.05. The summed E-state index contributed by atoms with van der Waals surface area (Å²) in [6.07, 6.45) is 3.93. The summed E-state index contributed by atoms with van der Waals surface area (Å²) in [5.74, 6) is 0.378. The molecule has 1 aliphatic heterocycles. The van der Waals surface area contributed by atoms with E-state index >= 15 is 0 Å². The van der Waals surface area contributed by atoms with Crippen molar-refractivity contribution >= 4 is 29.0 Å². The van der Waals surface area contributed by atoms with Crippen LogP contribution in [0.4, 0.5) is 5.69 Å². The Bertz CT molecular complexity index is 516. The minimum absolute atomic E-state index is 0.439. The van der Waals surface area contributed by atoms with Crippen LogP contribution in [0.1, 0.15) is 36.0 Å². The quantitative estimate of drug-likeness (QED) is 0.441. The Morgan fingerprint density at radius 3 is 2.60 bits per heavy atom. The van der Waals surface area contributed by atoms with Gasteiger partial charge in [-0.2, -0.15) is 0 Å². The second kappa shape index (κ2) is 6.75. The van der Waals surface area contributed by atoms with Crippen molar-refractivity contribution in [2.24, 2.45) is 0 Å². The monoisotopic (exact) mass is 295 g/mol. The Morgan fingerprint density at radius 1 is 1.15 bits per heavy atom. The van der Waals surface area contributed by atoms with Gasteiger partial charge in [-0.3, -0.25) is 9.59 Å². The predicted molar refractivity (Wildman–Crippen MR) is 78.9 cm³/mol. The van der Waals surface area contributed by atoms with Gasteiger partial charge in [0.05, 0.1) is 18.4 Å². The van der Waals surface area contributed by atoms with Gasteiger partial charge in [0, 0.05) is 12.4 Å². The molecule has 0 aliphatic carbocycles. The molecular formula is C15H18ClNO3. The SMILES string of the molecule is COc1ccc2c(c1)C(=O)C(=O)N2CCCCCCCl. The molecule has 20 heavy (non-hydrogen) atoms. The molecule has 5 heteroatoms. The third-order valence-electron chi connectivity index (χ3n) is 3.44. The van der Waals surface area contributed by atoms with E-state index < -0.39 is 11.7 Å². The molecular weight excluding hydrogens is 278 g/mol. The van der Waals surface area contributed by atoms with E-state index in [9.17, 15) is 9.59 Å². The van der Waals surface area contributed by atoms with Crippen molar-refractivity contribution in [1.82, 2.24) is 0 Å². The molecule has 0 atom stereocenters. The number of unbranched alkanes of at least 4 members (excludes halogenated alkanes) is 3. The van der Waals surface area contributed by atoms with Crippen LogP contribution in [-0.4, -0.2) is 31.2 Å². The van der Waals surface area contributed by atoms with Gasteiger partial charge in [-0.1, -0.05) is 12.8 Å². The van der Waals surface area contributed by atoms with Crippen LogP contribution < -0.4 is 9.64 Å². The smallest absolute Gasteiger partial charge is 0.299 e. The van der Waals surface area contributed by atoms with Crippen molar-refractivity contribution in [2.45, 2.75) is 25.7 Å². The third kappa shape index (κ3) is 2.96. The number of benzene rings is 1. The number of carbonyl (C=O) groups excluding carboxylic acids is 2. The fourth-order valence-corrected chi connectivity index (χ4v) is 2.54. The van der Waals surface area contributed by atoms with E-state index in [-0.39, 0.29) is 0 Å². The number of rotatable bonds is 7. The van der Waals surface area contributed by atoms with Gasteiger partial charge in [0.2, 0.25) is 0 Å². The first kappa shape index (κ1) is 14.9. The van der Waals surface area contributed by atoms with Crippen molar-refractivity contribution in [1.29, 1.82) is 0 Å². The Morgan fingerprint density at radius 2 is 1.90 bits per heavy atom. The van der Waals surface area contributed by atoms with Crippen LogP contribution in [-0.2, 0) is 4.79 Å². The summed E-state index contributed by atoms with van der Waals surface area (Å²) in [5, 5.41) is 0. The minimum Gasteiger partial charge on any atom is -0.497 e. The molecule has 0 aromatic heterocycles. The van der Waals surface area contributed by atoms with Gasteiger partial charge in [-0.25, -0.2) is 0 Å². The number of nitrogens with zero attached hydrogens (tertiary/aromatic N) is 1. The lowest BCUT2D eigenvalue weighted by Crippen LogP contribution is -2.30. The van der Waals surface area contributed by atoms with Crippen LogP contribution in [0.3, 0.4) is 0 Å². The number of anilines is 1. The van der Waals surface area contributed by atoms with Crippen molar-refractivity contribution in [3.63, 3.8) is 0 Å². The van der Waals surface area contributed by atoms with E-state index in [0.717, 1.165) is 25.7 Å². The molecule has 0 radical (unpaired) electrons. The molecule has 1 heterocycles. The Labute approximate surface area is 123 Å². The van der Waals surface area contributed by atoms with E-state index in [0.29, 0.717) is 29.4 Å². The lowest BCUT2D eigenvalue weighted by atomic mass is 10.1. The lowest BCUT2D eigenvalue weighted by molar-refractivity contribution is -0.114. The number of halogens is 1. The van der Waals surface area contributed by atoms with Gasteiger partial charge < -0.3 is 9.64 Å². The van der Waals surface area contributed by atoms with E-state index in [1.54, 1.807) is 23.1 Å². The molecule has 1 aromatic carbocycles. The summed E-state index contributed by atoms with van der Waals surface area (Å²) in [6, 6.07) is 5.17. The van der Waals surface area contributed by atoms with Crippen LogP contribution >= 0.6 is 11.6 Å². The topological polar surface area (TPSA) is 46.6 Å². The normalized spacial score (nSPS) is 13.8. The highest BCUT2D eigenvalue weighted by molar-refractivity contribution is 6.52. The molecule has 0 fully saturated rings. The number of carbonyl (C=O) groups is 2. The zero-order valence-electron chi connectivity index (χ0n) is 11.5. The maximum atomic E-state index is 12.0. The third-order valence-corrected chi connectivity index (χ3v) is 3.71. The lowest BCUT2D eigenvalue weighted by Gasteiger charge is -2.16. The first-order valence-corrected chi connectivity index (χ1v) is 7.32. The van der Waals surface area contributed by atoms with Gasteiger partial charge in [0.15, 0.2) is 0 Å². The maximum Gasteiger partial charge on any atom is 0.299 e. The molecule has 0 spiro atoms. The maximum absolute atomic E-state index is 12.0. The number of hydrogen-bond acceptors (Lipinski definition) is 3. The molecule has 1 aromatic rings. The summed E-state index contributed by atoms with van der Waals surface area (Å²) in [5.41, 5.74) is 1.13. The van der Waals surface area contributed by atoms with Crippen LogP contribution in [0.25, 0.3) is 0 Å². The first-order valence-electron chi connectivity index (χ1n) is 6.79. The van der Waals surface area contributed by atoms with Crippen molar-refractivity contribution < 1.29 is 14.3 Å². The summed E-state index contributed by atoms with van der Waals surface area (Å²) < 4.78 is 5.09. The highest BCUT2D eigenvalue weighted by atomic mass is 35.5. The van der Waals surface area contributed by atoms with Crippen LogP contribution in [0.5, 0.6) is 5.75 Å². The van der Waals surface area contributed by atoms with Crippen molar-refractivity contribution in [3.8, 4) is 5.75 Å². The predicted octanol–water partition coefficient (Wildman–Crippen LogP) is 3.02. The molecule has 0 unspecified atom stereocenters. The Hall–Kier alpha value is -1.55. The van der Waals surface area contributed by atoms with Crippen LogP contribution in [0.15, 0.2) is 18.2 Å². The highest BCUT2D eigenvalue weighted by Gasteiger charge is 2.35. The zero-order chi connectivity index (χ0) is 14.5. The molecule has 0 saturated carbocycles. The zero-order valence-corrected chi connectivity index (χ0v) is 12.3. The van der Waals surface area contributed by atoms with Crippen LogP contribution in [0, 0.1) is 0 Å². The molecule has 0 bridgehead atoms. The van der Waals surface area contributed by atoms with E-state index in [1.807, 2.05) is 0 Å². The van der Waals surface area contributed by atoms with Gasteiger partial charge in [-0.15, -0.1) is 11.6 Å². The number of fused-ring (bicyclic) bond motifs is 1. The van der Waals surface area contributed by atoms with E-state index in [4.69, 9.17) is 16.3 Å². The average molecular weight is 296 g/mol. The largest absolute Gasteiger partial charge is 0.497 e. The van der Waals surface area contributed by atoms with E-state index in [2.05, 4.69) is 0 Å². The number of Topliss-reactive ketones (excluding diaryl/α,β-unsaturated/α-hetero) is 1. The van der Waals surface area contributed by atoms with Gasteiger partial charge in [0.25, 0.3) is 11.7 Å². The summed E-state index contributed by atoms with van der Waals surface area (Å²) in [4.78, 5) is 25.5. The summed E-state index contributed by atoms with van der Waals surface area (Å²) in [6.45, 7) is 0.576. The molecule has 0 saturated heterocycles. The number of amides is 1. The number of ketones is 1. The van der Waals surface area contributed by atoms with E-state index in [1.165, 1.54) is 7.11 Å². The molecule has 108 valence electrons. The Kier molecular flexibility index (Phi) is 5.01. The van der Waals surface area contributed by atoms with Gasteiger partial charge in [-0.05, 0) is 31.0 Å². The highest BCUT2D eigenvalue weighted by Crippen LogP contribution is 2.32. The summed E-state index contributed by atoms with van der Waals surface area (Å²) in [7, 11) is 1.54. The van der Waals surface area contributed by atoms with Gasteiger partial charge >= 0.3 is 0 Å². The number of methoxy groups -OCH3 is 1. The second-order valence-corrected chi connectivity index (χ2v) is 5.15. The van der Waals surface area contributed by atoms with Crippen molar-refractivity contribution in [2.75, 3.05) is 24.4 Å². The standard InChI is InChI=1S/C15H18ClNO3/c1-20-11-6-7-13-12(10-11)14(18)15(19)17(13)9-5-3-2-4-8-16/h6-7,10H,2-5,8-9H2,1H3. The number of ether oxygens (including phenoxy) is 1. The van der Waals surface area contributed by atoms with Crippen LogP contribution in [0.2, 0.25) is 0 Å². The fourth-order valence-electron chi connectivity index (χ4n) is 2.35. The van der Waals surface area contributed by atoms with Gasteiger partial charge in [0.1, 0.15) is 5.75 Å². The average Bonchev–Trinajstić information content (AvgIpc) is 2.71.